The molecule has 0 bridgehead atoms. The zero-order chi connectivity index (χ0) is 19.9. The van der Waals surface area contributed by atoms with E-state index in [1.54, 1.807) is 0 Å². The van der Waals surface area contributed by atoms with E-state index < -0.39 is 0 Å². The lowest BCUT2D eigenvalue weighted by atomic mass is 9.96. The Balaban J connectivity index is 1.14. The van der Waals surface area contributed by atoms with Crippen molar-refractivity contribution in [2.45, 2.75) is 44.9 Å². The molecule has 0 spiro atoms. The third-order valence-electron chi connectivity index (χ3n) is 7.07. The summed E-state index contributed by atoms with van der Waals surface area (Å²) in [5.74, 6) is 1.33. The summed E-state index contributed by atoms with van der Waals surface area (Å²) in [7, 11) is 0. The number of rotatable bonds is 5. The minimum absolute atomic E-state index is 0.149. The SMILES string of the molecule is O=C(NC[C@@H]1CCN(c2ccccc2)C1)N1CCC(CN2CCCCCC2)CC1. The summed E-state index contributed by atoms with van der Waals surface area (Å²) in [4.78, 5) is 19.8. The monoisotopic (exact) mass is 398 g/mol. The largest absolute Gasteiger partial charge is 0.371 e. The number of amides is 2. The highest BCUT2D eigenvalue weighted by atomic mass is 16.2. The van der Waals surface area contributed by atoms with E-state index >= 15 is 0 Å². The van der Waals surface area contributed by atoms with Gasteiger partial charge in [-0.1, -0.05) is 31.0 Å². The first-order valence-corrected chi connectivity index (χ1v) is 11.8. The third kappa shape index (κ3) is 5.88. The third-order valence-corrected chi connectivity index (χ3v) is 7.07. The van der Waals surface area contributed by atoms with Crippen LogP contribution in [0.3, 0.4) is 0 Å². The summed E-state index contributed by atoms with van der Waals surface area (Å²) in [6.45, 7) is 8.58. The minimum atomic E-state index is 0.149. The Bertz CT molecular complexity index is 621. The van der Waals surface area contributed by atoms with Gasteiger partial charge in [-0.3, -0.25) is 0 Å². The van der Waals surface area contributed by atoms with Crippen molar-refractivity contribution in [1.82, 2.24) is 15.1 Å². The molecule has 1 aromatic carbocycles. The fourth-order valence-electron chi connectivity index (χ4n) is 5.22. The van der Waals surface area contributed by atoms with Crippen molar-refractivity contribution >= 4 is 11.7 Å². The number of hydrogen-bond acceptors (Lipinski definition) is 3. The number of likely N-dealkylation sites (tertiary alicyclic amines) is 2. The lowest BCUT2D eigenvalue weighted by Crippen LogP contribution is -2.47. The maximum atomic E-state index is 12.6. The first-order valence-electron chi connectivity index (χ1n) is 11.8. The van der Waals surface area contributed by atoms with Crippen LogP contribution in [0.15, 0.2) is 30.3 Å². The number of benzene rings is 1. The van der Waals surface area contributed by atoms with E-state index in [2.05, 4.69) is 45.4 Å². The second-order valence-electron chi connectivity index (χ2n) is 9.27. The molecule has 3 saturated heterocycles. The van der Waals surface area contributed by atoms with Gasteiger partial charge in [-0.2, -0.15) is 0 Å². The van der Waals surface area contributed by atoms with Crippen LogP contribution in [-0.2, 0) is 0 Å². The van der Waals surface area contributed by atoms with E-state index in [1.165, 1.54) is 51.0 Å². The predicted octanol–water partition coefficient (Wildman–Crippen LogP) is 3.81. The molecule has 1 aromatic rings. The number of hydrogen-bond donors (Lipinski definition) is 1. The van der Waals surface area contributed by atoms with Crippen LogP contribution in [0.1, 0.15) is 44.9 Å². The maximum absolute atomic E-state index is 12.6. The summed E-state index contributed by atoms with van der Waals surface area (Å²) in [6, 6.07) is 10.8. The molecular formula is C24H38N4O. The van der Waals surface area contributed by atoms with E-state index in [9.17, 15) is 4.79 Å². The number of nitrogens with one attached hydrogen (secondary N) is 1. The second kappa shape index (κ2) is 10.3. The van der Waals surface area contributed by atoms with Crippen LogP contribution in [-0.4, -0.2) is 68.2 Å². The van der Waals surface area contributed by atoms with Crippen LogP contribution in [0.4, 0.5) is 10.5 Å². The van der Waals surface area contributed by atoms with Crippen LogP contribution in [0, 0.1) is 11.8 Å². The van der Waals surface area contributed by atoms with Gasteiger partial charge in [0.05, 0.1) is 0 Å². The van der Waals surface area contributed by atoms with Crippen molar-refractivity contribution < 1.29 is 4.79 Å². The van der Waals surface area contributed by atoms with Crippen molar-refractivity contribution in [3.63, 3.8) is 0 Å². The minimum Gasteiger partial charge on any atom is -0.371 e. The number of urea groups is 1. The molecule has 0 aliphatic carbocycles. The highest BCUT2D eigenvalue weighted by Crippen LogP contribution is 2.24. The molecule has 5 heteroatoms. The van der Waals surface area contributed by atoms with Crippen molar-refractivity contribution in [3.05, 3.63) is 30.3 Å². The molecule has 0 saturated carbocycles. The number of para-hydroxylation sites is 1. The lowest BCUT2D eigenvalue weighted by Gasteiger charge is -2.34. The molecular weight excluding hydrogens is 360 g/mol. The van der Waals surface area contributed by atoms with E-state index in [-0.39, 0.29) is 6.03 Å². The van der Waals surface area contributed by atoms with E-state index in [4.69, 9.17) is 0 Å². The average molecular weight is 399 g/mol. The van der Waals surface area contributed by atoms with Gasteiger partial charge in [-0.15, -0.1) is 0 Å². The topological polar surface area (TPSA) is 38.8 Å². The van der Waals surface area contributed by atoms with Gasteiger partial charge in [0, 0.05) is 45.0 Å². The van der Waals surface area contributed by atoms with Gasteiger partial charge in [0.1, 0.15) is 0 Å². The van der Waals surface area contributed by atoms with Crippen molar-refractivity contribution in [2.75, 3.05) is 57.3 Å². The Kier molecular flexibility index (Phi) is 7.31. The lowest BCUT2D eigenvalue weighted by molar-refractivity contribution is 0.147. The molecule has 1 atom stereocenters. The van der Waals surface area contributed by atoms with Crippen LogP contribution < -0.4 is 10.2 Å². The Labute approximate surface area is 176 Å². The molecule has 5 nitrogen and oxygen atoms in total. The molecule has 3 fully saturated rings. The second-order valence-corrected chi connectivity index (χ2v) is 9.27. The number of carbonyl (C=O) groups is 1. The Hall–Kier alpha value is -1.75. The fraction of sp³-hybridized carbons (Fsp3) is 0.708. The van der Waals surface area contributed by atoms with Gasteiger partial charge in [0.2, 0.25) is 0 Å². The van der Waals surface area contributed by atoms with Crippen molar-refractivity contribution in [3.8, 4) is 0 Å². The van der Waals surface area contributed by atoms with E-state index in [0.717, 1.165) is 57.9 Å². The molecule has 1 N–H and O–H groups in total. The highest BCUT2D eigenvalue weighted by molar-refractivity contribution is 5.74. The maximum Gasteiger partial charge on any atom is 0.317 e. The van der Waals surface area contributed by atoms with Gasteiger partial charge in [0.25, 0.3) is 0 Å². The molecule has 0 radical (unpaired) electrons. The number of carbonyl (C=O) groups excluding carboxylic acids is 1. The Morgan fingerprint density at radius 2 is 1.55 bits per heavy atom. The Morgan fingerprint density at radius 1 is 0.862 bits per heavy atom. The highest BCUT2D eigenvalue weighted by Gasteiger charge is 2.27. The Morgan fingerprint density at radius 3 is 2.28 bits per heavy atom. The number of anilines is 1. The fourth-order valence-corrected chi connectivity index (χ4v) is 5.22. The van der Waals surface area contributed by atoms with Gasteiger partial charge in [0.15, 0.2) is 0 Å². The molecule has 3 aliphatic heterocycles. The van der Waals surface area contributed by atoms with Gasteiger partial charge in [-0.05, 0) is 69.2 Å². The van der Waals surface area contributed by atoms with Crippen LogP contribution in [0.5, 0.6) is 0 Å². The van der Waals surface area contributed by atoms with Crippen LogP contribution in [0.25, 0.3) is 0 Å². The number of nitrogens with zero attached hydrogens (tertiary/aromatic N) is 3. The summed E-state index contributed by atoms with van der Waals surface area (Å²) in [5, 5.41) is 3.22. The molecule has 3 heterocycles. The standard InChI is InChI=1S/C24H38N4O/c29-24(25-18-22-12-17-28(20-22)23-8-4-3-5-9-23)27-15-10-21(11-16-27)19-26-13-6-1-2-7-14-26/h3-5,8-9,21-22H,1-2,6-7,10-20H2,(H,25,29)/t22-/m0/s1. The quantitative estimate of drug-likeness (QED) is 0.820. The first kappa shape index (κ1) is 20.5. The van der Waals surface area contributed by atoms with Crippen molar-refractivity contribution in [1.29, 1.82) is 0 Å². The van der Waals surface area contributed by atoms with Gasteiger partial charge >= 0.3 is 6.03 Å². The summed E-state index contributed by atoms with van der Waals surface area (Å²) >= 11 is 0. The predicted molar refractivity (Wildman–Crippen MR) is 119 cm³/mol. The average Bonchev–Trinajstić information content (AvgIpc) is 3.10. The van der Waals surface area contributed by atoms with Gasteiger partial charge in [-0.25, -0.2) is 4.79 Å². The molecule has 160 valence electrons. The summed E-state index contributed by atoms with van der Waals surface area (Å²) in [5.41, 5.74) is 1.30. The molecule has 3 aliphatic rings. The zero-order valence-electron chi connectivity index (χ0n) is 17.9. The van der Waals surface area contributed by atoms with Gasteiger partial charge < -0.3 is 20.0 Å². The summed E-state index contributed by atoms with van der Waals surface area (Å²) in [6.07, 6.45) is 9.02. The molecule has 4 rings (SSSR count). The zero-order valence-corrected chi connectivity index (χ0v) is 17.9. The molecule has 2 amide bonds. The van der Waals surface area contributed by atoms with Crippen LogP contribution >= 0.6 is 0 Å². The molecule has 0 unspecified atom stereocenters. The van der Waals surface area contributed by atoms with E-state index in [1.807, 2.05) is 4.90 Å². The first-order chi connectivity index (χ1) is 14.3. The summed E-state index contributed by atoms with van der Waals surface area (Å²) < 4.78 is 0. The molecule has 0 aromatic heterocycles. The smallest absolute Gasteiger partial charge is 0.317 e. The number of piperidine rings is 1. The van der Waals surface area contributed by atoms with E-state index in [0.29, 0.717) is 5.92 Å². The normalized spacial score (nSPS) is 24.5. The van der Waals surface area contributed by atoms with Crippen LogP contribution in [0.2, 0.25) is 0 Å². The van der Waals surface area contributed by atoms with Crippen molar-refractivity contribution in [2.24, 2.45) is 11.8 Å². The molecule has 29 heavy (non-hydrogen) atoms.